The van der Waals surface area contributed by atoms with Gasteiger partial charge in [0.25, 0.3) is 0 Å². The fourth-order valence-electron chi connectivity index (χ4n) is 8.85. The Bertz CT molecular complexity index is 2760. The lowest BCUT2D eigenvalue weighted by molar-refractivity contribution is 0.667. The third-order valence-electron chi connectivity index (χ3n) is 11.1. The summed E-state index contributed by atoms with van der Waals surface area (Å²) in [6, 6.07) is 59.3. The molecule has 3 aliphatic rings. The van der Waals surface area contributed by atoms with Crippen LogP contribution in [-0.4, -0.2) is 4.57 Å². The van der Waals surface area contributed by atoms with Crippen molar-refractivity contribution in [2.24, 2.45) is 0 Å². The minimum Gasteiger partial charge on any atom is -0.310 e. The highest BCUT2D eigenvalue weighted by molar-refractivity contribution is 8.00. The van der Waals surface area contributed by atoms with E-state index >= 15 is 0 Å². The molecular formula is C49H33NS2. The van der Waals surface area contributed by atoms with Gasteiger partial charge in [-0.15, -0.1) is 0 Å². The van der Waals surface area contributed by atoms with Crippen LogP contribution in [0.2, 0.25) is 0 Å². The van der Waals surface area contributed by atoms with Gasteiger partial charge in [0.05, 0.1) is 16.4 Å². The first-order valence-electron chi connectivity index (χ1n) is 18.1. The van der Waals surface area contributed by atoms with Gasteiger partial charge in [0.1, 0.15) is 0 Å². The lowest BCUT2D eigenvalue weighted by atomic mass is 9.64. The molecule has 0 bridgehead atoms. The second kappa shape index (κ2) is 11.8. The maximum atomic E-state index is 2.51. The van der Waals surface area contributed by atoms with E-state index < -0.39 is 5.41 Å². The summed E-state index contributed by atoms with van der Waals surface area (Å²) in [5.74, 6) is 0. The molecule has 246 valence electrons. The van der Waals surface area contributed by atoms with E-state index in [0.717, 1.165) is 12.8 Å². The van der Waals surface area contributed by atoms with E-state index in [2.05, 4.69) is 181 Å². The Hall–Kier alpha value is -5.48. The minimum absolute atomic E-state index is 0.459. The average Bonchev–Trinajstić information content (AvgIpc) is 3.55. The summed E-state index contributed by atoms with van der Waals surface area (Å²) in [6.07, 6.45) is 9.14. The molecule has 1 nitrogen and oxygen atoms in total. The number of aromatic nitrogens is 1. The molecule has 3 heterocycles. The van der Waals surface area contributed by atoms with Crippen LogP contribution >= 0.6 is 23.5 Å². The summed E-state index contributed by atoms with van der Waals surface area (Å²) >= 11 is 3.81. The number of allylic oxidation sites excluding steroid dienone is 4. The first kappa shape index (κ1) is 30.2. The normalized spacial score (nSPS) is 15.2. The number of fused-ring (bicyclic) bond motifs is 11. The second-order valence-electron chi connectivity index (χ2n) is 13.9. The van der Waals surface area contributed by atoms with Gasteiger partial charge in [-0.1, -0.05) is 145 Å². The summed E-state index contributed by atoms with van der Waals surface area (Å²) in [5, 5.41) is 2.58. The van der Waals surface area contributed by atoms with Gasteiger partial charge >= 0.3 is 0 Å². The number of hydrogen-bond acceptors (Lipinski definition) is 2. The van der Waals surface area contributed by atoms with Gasteiger partial charge in [0.2, 0.25) is 0 Å². The Morgan fingerprint density at radius 3 is 1.85 bits per heavy atom. The molecule has 11 rings (SSSR count). The SMILES string of the molecule is C1=CC(n2c3ccccc3c3cc(-c4ccc5c(c4)C4(c6ccccc6Sc6ccccc64)c4ccc(-c6ccccc6)cc4S5)ccc32)=CCC1. The van der Waals surface area contributed by atoms with Crippen molar-refractivity contribution in [3.63, 3.8) is 0 Å². The maximum Gasteiger partial charge on any atom is 0.0745 e. The highest BCUT2D eigenvalue weighted by Crippen LogP contribution is 2.62. The fraction of sp³-hybridized carbons (Fsp3) is 0.0612. The molecule has 1 aromatic heterocycles. The Morgan fingerprint density at radius 1 is 0.423 bits per heavy atom. The predicted octanol–water partition coefficient (Wildman–Crippen LogP) is 13.6. The van der Waals surface area contributed by atoms with Gasteiger partial charge in [-0.05, 0) is 112 Å². The topological polar surface area (TPSA) is 4.93 Å². The van der Waals surface area contributed by atoms with E-state index in [9.17, 15) is 0 Å². The van der Waals surface area contributed by atoms with Crippen LogP contribution in [0.15, 0.2) is 196 Å². The van der Waals surface area contributed by atoms with E-state index in [1.54, 1.807) is 0 Å². The van der Waals surface area contributed by atoms with Gasteiger partial charge < -0.3 is 4.57 Å². The minimum atomic E-state index is -0.459. The lowest BCUT2D eigenvalue weighted by Crippen LogP contribution is -2.36. The molecule has 0 fully saturated rings. The largest absolute Gasteiger partial charge is 0.310 e. The zero-order valence-electron chi connectivity index (χ0n) is 28.4. The first-order valence-corrected chi connectivity index (χ1v) is 19.7. The molecule has 52 heavy (non-hydrogen) atoms. The quantitative estimate of drug-likeness (QED) is 0.181. The van der Waals surface area contributed by atoms with Crippen LogP contribution in [0, 0.1) is 0 Å². The highest BCUT2D eigenvalue weighted by atomic mass is 32.2. The monoisotopic (exact) mass is 699 g/mol. The van der Waals surface area contributed by atoms with Crippen LogP contribution < -0.4 is 0 Å². The molecule has 0 N–H and O–H groups in total. The molecule has 0 unspecified atom stereocenters. The van der Waals surface area contributed by atoms with Crippen molar-refractivity contribution >= 4 is 51.0 Å². The molecule has 7 aromatic carbocycles. The summed E-state index contributed by atoms with van der Waals surface area (Å²) < 4.78 is 2.44. The van der Waals surface area contributed by atoms with E-state index in [1.807, 2.05) is 23.5 Å². The molecular weight excluding hydrogens is 667 g/mol. The average molecular weight is 700 g/mol. The number of para-hydroxylation sites is 1. The van der Waals surface area contributed by atoms with Crippen molar-refractivity contribution in [3.8, 4) is 22.3 Å². The molecule has 0 saturated heterocycles. The molecule has 1 spiro atoms. The van der Waals surface area contributed by atoms with Crippen molar-refractivity contribution in [2.45, 2.75) is 37.8 Å². The molecule has 0 atom stereocenters. The van der Waals surface area contributed by atoms with Crippen molar-refractivity contribution in [1.29, 1.82) is 0 Å². The number of nitrogens with zero attached hydrogens (tertiary/aromatic N) is 1. The van der Waals surface area contributed by atoms with Crippen LogP contribution in [0.1, 0.15) is 35.1 Å². The van der Waals surface area contributed by atoms with Crippen LogP contribution in [0.4, 0.5) is 0 Å². The molecule has 0 saturated carbocycles. The number of benzene rings is 7. The Balaban J connectivity index is 1.16. The smallest absolute Gasteiger partial charge is 0.0745 e. The summed E-state index contributed by atoms with van der Waals surface area (Å²) in [4.78, 5) is 5.27. The van der Waals surface area contributed by atoms with Crippen molar-refractivity contribution in [1.82, 2.24) is 4.57 Å². The van der Waals surface area contributed by atoms with Crippen molar-refractivity contribution < 1.29 is 0 Å². The molecule has 3 heteroatoms. The van der Waals surface area contributed by atoms with E-state index in [0.29, 0.717) is 0 Å². The van der Waals surface area contributed by atoms with Crippen molar-refractivity contribution in [3.05, 3.63) is 198 Å². The van der Waals surface area contributed by atoms with Crippen LogP contribution in [0.3, 0.4) is 0 Å². The van der Waals surface area contributed by atoms with E-state index in [4.69, 9.17) is 0 Å². The molecule has 2 aliphatic heterocycles. The highest BCUT2D eigenvalue weighted by Gasteiger charge is 2.48. The molecule has 0 amide bonds. The number of rotatable bonds is 3. The van der Waals surface area contributed by atoms with Crippen molar-refractivity contribution in [2.75, 3.05) is 0 Å². The zero-order chi connectivity index (χ0) is 34.2. The van der Waals surface area contributed by atoms with Crippen LogP contribution in [-0.2, 0) is 5.41 Å². The van der Waals surface area contributed by atoms with Gasteiger partial charge in [0, 0.05) is 36.1 Å². The zero-order valence-corrected chi connectivity index (χ0v) is 30.1. The Kier molecular flexibility index (Phi) is 6.83. The van der Waals surface area contributed by atoms with Crippen LogP contribution in [0.25, 0.3) is 49.8 Å². The predicted molar refractivity (Wildman–Crippen MR) is 220 cm³/mol. The molecule has 1 aliphatic carbocycles. The van der Waals surface area contributed by atoms with E-state index in [1.165, 1.54) is 91.6 Å². The third kappa shape index (κ3) is 4.39. The molecule has 0 radical (unpaired) electrons. The van der Waals surface area contributed by atoms with Crippen LogP contribution in [0.5, 0.6) is 0 Å². The lowest BCUT2D eigenvalue weighted by Gasteiger charge is -2.45. The van der Waals surface area contributed by atoms with E-state index in [-0.39, 0.29) is 0 Å². The Morgan fingerprint density at radius 2 is 1.04 bits per heavy atom. The standard InChI is InChI=1S/C49H33NS2/c1-3-13-32(14-4-1)35-23-26-41-48(31-35)52-47-28-25-34(30-42(47)49(41)39-18-8-11-21-45(39)51-46-22-12-9-19-40(46)49)33-24-27-44-38(29-33)37-17-7-10-20-43(37)50(44)36-15-5-2-6-16-36/h1,3-5,7-31H,2,6H2. The van der Waals surface area contributed by atoms with Gasteiger partial charge in [-0.2, -0.15) is 0 Å². The fourth-order valence-corrected chi connectivity index (χ4v) is 11.3. The van der Waals surface area contributed by atoms with Gasteiger partial charge in [-0.3, -0.25) is 0 Å². The number of hydrogen-bond donors (Lipinski definition) is 0. The first-order chi connectivity index (χ1) is 25.8. The summed E-state index contributed by atoms with van der Waals surface area (Å²) in [7, 11) is 0. The summed E-state index contributed by atoms with van der Waals surface area (Å²) in [6.45, 7) is 0. The maximum absolute atomic E-state index is 2.51. The Labute approximate surface area is 312 Å². The van der Waals surface area contributed by atoms with Gasteiger partial charge in [-0.25, -0.2) is 0 Å². The van der Waals surface area contributed by atoms with Gasteiger partial charge in [0.15, 0.2) is 0 Å². The second-order valence-corrected chi connectivity index (χ2v) is 16.1. The third-order valence-corrected chi connectivity index (χ3v) is 13.4. The molecule has 8 aromatic rings. The summed E-state index contributed by atoms with van der Waals surface area (Å²) in [5.41, 5.74) is 13.7.